The molecular weight excluding hydrogens is 296 g/mol. The number of aliphatic hydroxyl groups excluding tert-OH is 1. The second-order valence-corrected chi connectivity index (χ2v) is 6.46. The van der Waals surface area contributed by atoms with E-state index in [9.17, 15) is 5.11 Å². The Morgan fingerprint density at radius 3 is 1.64 bits per heavy atom. The van der Waals surface area contributed by atoms with E-state index < -0.39 is 5.97 Å². The first-order valence-corrected chi connectivity index (χ1v) is 9.66. The Kier molecular flexibility index (Phi) is 22.7. The van der Waals surface area contributed by atoms with Crippen molar-refractivity contribution in [2.75, 3.05) is 5.75 Å². The maximum atomic E-state index is 9.81. The van der Waals surface area contributed by atoms with E-state index in [1.165, 1.54) is 70.6 Å². The number of aliphatic carboxylic acids is 1. The van der Waals surface area contributed by atoms with Gasteiger partial charge < -0.3 is 10.2 Å². The Labute approximate surface area is 143 Å². The van der Waals surface area contributed by atoms with Gasteiger partial charge in [0.15, 0.2) is 0 Å². The summed E-state index contributed by atoms with van der Waals surface area (Å²) in [7, 11) is 0. The van der Waals surface area contributed by atoms with Crippen molar-refractivity contribution in [1.82, 2.24) is 0 Å². The lowest BCUT2D eigenvalue weighted by Crippen LogP contribution is -2.05. The molecule has 0 aromatic carbocycles. The van der Waals surface area contributed by atoms with Gasteiger partial charge in [0.1, 0.15) is 0 Å². The zero-order valence-electron chi connectivity index (χ0n) is 14.7. The predicted molar refractivity (Wildman–Crippen MR) is 98.9 cm³/mol. The van der Waals surface area contributed by atoms with Crippen LogP contribution < -0.4 is 0 Å². The van der Waals surface area contributed by atoms with Crippen LogP contribution in [0.2, 0.25) is 0 Å². The summed E-state index contributed by atoms with van der Waals surface area (Å²) in [4.78, 5) is 9.00. The summed E-state index contributed by atoms with van der Waals surface area (Å²) >= 11 is 4.21. The lowest BCUT2D eigenvalue weighted by molar-refractivity contribution is -0.134. The van der Waals surface area contributed by atoms with Crippen LogP contribution in [0.15, 0.2) is 0 Å². The SMILES string of the molecule is CC(=O)O.CCCCCCC(O)CCCCCCCCCS. The van der Waals surface area contributed by atoms with Crippen molar-refractivity contribution in [3.63, 3.8) is 0 Å². The fraction of sp³-hybridized carbons (Fsp3) is 0.944. The molecule has 0 fully saturated rings. The van der Waals surface area contributed by atoms with Gasteiger partial charge in [0.05, 0.1) is 6.10 Å². The Bertz CT molecular complexity index is 218. The zero-order chi connectivity index (χ0) is 17.1. The lowest BCUT2D eigenvalue weighted by Gasteiger charge is -2.10. The molecule has 0 radical (unpaired) electrons. The van der Waals surface area contributed by atoms with Gasteiger partial charge in [0.2, 0.25) is 0 Å². The first-order chi connectivity index (χ1) is 10.5. The molecule has 0 rings (SSSR count). The van der Waals surface area contributed by atoms with Crippen molar-refractivity contribution in [1.29, 1.82) is 0 Å². The number of unbranched alkanes of at least 4 members (excludes halogenated alkanes) is 9. The molecule has 1 unspecified atom stereocenters. The third-order valence-corrected chi connectivity index (χ3v) is 3.90. The highest BCUT2D eigenvalue weighted by Gasteiger charge is 2.03. The topological polar surface area (TPSA) is 57.5 Å². The Morgan fingerprint density at radius 1 is 0.864 bits per heavy atom. The maximum Gasteiger partial charge on any atom is 0.300 e. The van der Waals surface area contributed by atoms with Crippen molar-refractivity contribution in [2.24, 2.45) is 0 Å². The number of hydrogen-bond acceptors (Lipinski definition) is 3. The van der Waals surface area contributed by atoms with Gasteiger partial charge in [-0.25, -0.2) is 0 Å². The largest absolute Gasteiger partial charge is 0.481 e. The number of hydrogen-bond donors (Lipinski definition) is 3. The Morgan fingerprint density at radius 2 is 1.23 bits per heavy atom. The molecule has 0 aromatic heterocycles. The summed E-state index contributed by atoms with van der Waals surface area (Å²) < 4.78 is 0. The van der Waals surface area contributed by atoms with Crippen LogP contribution >= 0.6 is 12.6 Å². The highest BCUT2D eigenvalue weighted by Crippen LogP contribution is 2.13. The molecule has 1 atom stereocenters. The van der Waals surface area contributed by atoms with E-state index in [1.807, 2.05) is 0 Å². The van der Waals surface area contributed by atoms with E-state index in [-0.39, 0.29) is 6.10 Å². The monoisotopic (exact) mass is 334 g/mol. The number of rotatable bonds is 14. The second kappa shape index (κ2) is 20.8. The van der Waals surface area contributed by atoms with Gasteiger partial charge in [-0.3, -0.25) is 4.79 Å². The average Bonchev–Trinajstić information content (AvgIpc) is 2.46. The highest BCUT2D eigenvalue weighted by atomic mass is 32.1. The van der Waals surface area contributed by atoms with E-state index in [0.29, 0.717) is 0 Å². The standard InChI is InChI=1S/C16H34OS.C2H4O2/c1-2-3-4-10-13-16(17)14-11-8-6-5-7-9-12-15-18;1-2(3)4/h16-18H,2-15H2,1H3;1H3,(H,3,4). The third kappa shape index (κ3) is 28.0. The van der Waals surface area contributed by atoms with E-state index in [1.54, 1.807) is 0 Å². The van der Waals surface area contributed by atoms with Crippen molar-refractivity contribution in [2.45, 2.75) is 103 Å². The van der Waals surface area contributed by atoms with Crippen LogP contribution in [0.3, 0.4) is 0 Å². The molecule has 0 saturated heterocycles. The van der Waals surface area contributed by atoms with Crippen LogP contribution in [-0.4, -0.2) is 28.0 Å². The molecule has 134 valence electrons. The summed E-state index contributed by atoms with van der Waals surface area (Å²) in [6.45, 7) is 3.31. The summed E-state index contributed by atoms with van der Waals surface area (Å²) in [5, 5.41) is 17.2. The van der Waals surface area contributed by atoms with Crippen molar-refractivity contribution >= 4 is 18.6 Å². The third-order valence-electron chi connectivity index (χ3n) is 3.59. The number of aliphatic hydroxyl groups is 1. The normalized spacial score (nSPS) is 11.6. The van der Waals surface area contributed by atoms with Gasteiger partial charge in [-0.2, -0.15) is 12.6 Å². The zero-order valence-corrected chi connectivity index (χ0v) is 15.6. The smallest absolute Gasteiger partial charge is 0.300 e. The molecule has 0 aliphatic carbocycles. The summed E-state index contributed by atoms with van der Waals surface area (Å²) in [6.07, 6.45) is 16.3. The highest BCUT2D eigenvalue weighted by molar-refractivity contribution is 7.80. The van der Waals surface area contributed by atoms with Crippen molar-refractivity contribution in [3.8, 4) is 0 Å². The van der Waals surface area contributed by atoms with Crippen LogP contribution in [0.25, 0.3) is 0 Å². The van der Waals surface area contributed by atoms with Gasteiger partial charge in [0, 0.05) is 6.92 Å². The molecule has 0 bridgehead atoms. The van der Waals surface area contributed by atoms with Gasteiger partial charge in [-0.1, -0.05) is 71.1 Å². The summed E-state index contributed by atoms with van der Waals surface area (Å²) in [5.41, 5.74) is 0. The van der Waals surface area contributed by atoms with Crippen molar-refractivity contribution < 1.29 is 15.0 Å². The minimum Gasteiger partial charge on any atom is -0.481 e. The number of carboxylic acid groups (broad SMARTS) is 1. The molecule has 0 heterocycles. The molecule has 0 aromatic rings. The summed E-state index contributed by atoms with van der Waals surface area (Å²) in [6, 6.07) is 0. The number of carboxylic acids is 1. The van der Waals surface area contributed by atoms with Crippen molar-refractivity contribution in [3.05, 3.63) is 0 Å². The minimum atomic E-state index is -0.833. The summed E-state index contributed by atoms with van der Waals surface area (Å²) in [5.74, 6) is 0.199. The number of thiol groups is 1. The minimum absolute atomic E-state index is 0.0361. The molecule has 3 nitrogen and oxygen atoms in total. The first kappa shape index (κ1) is 24.0. The quantitative estimate of drug-likeness (QED) is 0.292. The first-order valence-electron chi connectivity index (χ1n) is 9.03. The lowest BCUT2D eigenvalue weighted by atomic mass is 10.0. The molecule has 22 heavy (non-hydrogen) atoms. The second-order valence-electron chi connectivity index (χ2n) is 6.01. The fourth-order valence-electron chi connectivity index (χ4n) is 2.33. The van der Waals surface area contributed by atoms with Crippen LogP contribution in [0, 0.1) is 0 Å². The Hall–Kier alpha value is -0.220. The molecule has 2 N–H and O–H groups in total. The molecular formula is C18H38O3S. The van der Waals surface area contributed by atoms with Crippen LogP contribution in [0.5, 0.6) is 0 Å². The maximum absolute atomic E-state index is 9.81. The van der Waals surface area contributed by atoms with Gasteiger partial charge in [-0.05, 0) is 25.0 Å². The molecule has 0 amide bonds. The van der Waals surface area contributed by atoms with E-state index in [4.69, 9.17) is 9.90 Å². The van der Waals surface area contributed by atoms with E-state index in [2.05, 4.69) is 19.6 Å². The van der Waals surface area contributed by atoms with E-state index >= 15 is 0 Å². The average molecular weight is 335 g/mol. The van der Waals surface area contributed by atoms with Crippen LogP contribution in [0.4, 0.5) is 0 Å². The van der Waals surface area contributed by atoms with Gasteiger partial charge in [0.25, 0.3) is 5.97 Å². The molecule has 0 saturated carbocycles. The van der Waals surface area contributed by atoms with Crippen LogP contribution in [-0.2, 0) is 4.79 Å². The Balaban J connectivity index is 0. The van der Waals surface area contributed by atoms with E-state index in [0.717, 1.165) is 25.5 Å². The number of carbonyl (C=O) groups is 1. The predicted octanol–water partition coefficient (Wildman–Crippen LogP) is 5.46. The van der Waals surface area contributed by atoms with Gasteiger partial charge >= 0.3 is 0 Å². The fourth-order valence-corrected chi connectivity index (χ4v) is 2.55. The van der Waals surface area contributed by atoms with Crippen LogP contribution in [0.1, 0.15) is 97.3 Å². The van der Waals surface area contributed by atoms with Gasteiger partial charge in [-0.15, -0.1) is 0 Å². The molecule has 0 spiro atoms. The molecule has 0 aliphatic heterocycles. The molecule has 0 aliphatic rings. The molecule has 4 heteroatoms.